The minimum Gasteiger partial charge on any atom is -0.337 e. The van der Waals surface area contributed by atoms with Crippen LogP contribution in [0, 0.1) is 12.7 Å². The maximum atomic E-state index is 13.5. The molecule has 0 aliphatic carbocycles. The fourth-order valence-corrected chi connectivity index (χ4v) is 1.57. The Kier molecular flexibility index (Phi) is 3.45. The zero-order valence-corrected chi connectivity index (χ0v) is 10.3. The molecular formula is C11H8Cl2FN3. The monoisotopic (exact) mass is 271 g/mol. The van der Waals surface area contributed by atoms with Crippen molar-refractivity contribution >= 4 is 34.7 Å². The van der Waals surface area contributed by atoms with Crippen LogP contribution in [0.2, 0.25) is 10.2 Å². The zero-order valence-electron chi connectivity index (χ0n) is 8.84. The first-order valence-corrected chi connectivity index (χ1v) is 5.52. The SMILES string of the molecule is Cc1c(Cl)ncnc1Nc1ccc(Cl)cc1F. The van der Waals surface area contributed by atoms with Crippen LogP contribution in [0.1, 0.15) is 5.56 Å². The van der Waals surface area contributed by atoms with E-state index in [1.807, 2.05) is 0 Å². The van der Waals surface area contributed by atoms with Crippen LogP contribution in [-0.4, -0.2) is 9.97 Å². The van der Waals surface area contributed by atoms with Crippen molar-refractivity contribution in [2.45, 2.75) is 6.92 Å². The number of hydrogen-bond donors (Lipinski definition) is 1. The molecule has 0 bridgehead atoms. The van der Waals surface area contributed by atoms with Crippen LogP contribution < -0.4 is 5.32 Å². The van der Waals surface area contributed by atoms with E-state index < -0.39 is 5.82 Å². The van der Waals surface area contributed by atoms with E-state index in [4.69, 9.17) is 23.2 Å². The first-order valence-electron chi connectivity index (χ1n) is 4.77. The molecule has 1 N–H and O–H groups in total. The normalized spacial score (nSPS) is 10.4. The lowest BCUT2D eigenvalue weighted by Gasteiger charge is -2.09. The van der Waals surface area contributed by atoms with Gasteiger partial charge in [0.1, 0.15) is 23.1 Å². The molecule has 6 heteroatoms. The second kappa shape index (κ2) is 4.85. The Morgan fingerprint density at radius 1 is 1.24 bits per heavy atom. The number of aromatic nitrogens is 2. The minimum absolute atomic E-state index is 0.285. The van der Waals surface area contributed by atoms with Crippen LogP contribution in [0.15, 0.2) is 24.5 Å². The molecule has 0 saturated heterocycles. The lowest BCUT2D eigenvalue weighted by molar-refractivity contribution is 0.632. The van der Waals surface area contributed by atoms with Crippen LogP contribution in [0.5, 0.6) is 0 Å². The Morgan fingerprint density at radius 3 is 2.71 bits per heavy atom. The Balaban J connectivity index is 2.35. The lowest BCUT2D eigenvalue weighted by Crippen LogP contribution is -1.99. The van der Waals surface area contributed by atoms with Crippen molar-refractivity contribution < 1.29 is 4.39 Å². The van der Waals surface area contributed by atoms with Gasteiger partial charge in [0.2, 0.25) is 0 Å². The number of benzene rings is 1. The fourth-order valence-electron chi connectivity index (χ4n) is 1.27. The third kappa shape index (κ3) is 2.65. The molecule has 88 valence electrons. The van der Waals surface area contributed by atoms with E-state index in [0.29, 0.717) is 21.6 Å². The maximum Gasteiger partial charge on any atom is 0.148 e. The molecule has 0 aliphatic rings. The molecule has 0 unspecified atom stereocenters. The van der Waals surface area contributed by atoms with E-state index in [2.05, 4.69) is 15.3 Å². The summed E-state index contributed by atoms with van der Waals surface area (Å²) in [6.07, 6.45) is 1.31. The highest BCUT2D eigenvalue weighted by Gasteiger charge is 2.08. The molecule has 0 saturated carbocycles. The highest BCUT2D eigenvalue weighted by molar-refractivity contribution is 6.30. The van der Waals surface area contributed by atoms with Crippen molar-refractivity contribution in [2.75, 3.05) is 5.32 Å². The van der Waals surface area contributed by atoms with E-state index in [9.17, 15) is 4.39 Å². The first-order chi connectivity index (χ1) is 8.08. The van der Waals surface area contributed by atoms with E-state index in [0.717, 1.165) is 0 Å². The smallest absolute Gasteiger partial charge is 0.148 e. The summed E-state index contributed by atoms with van der Waals surface area (Å²) < 4.78 is 13.5. The first kappa shape index (κ1) is 12.1. The molecule has 1 heterocycles. The predicted molar refractivity (Wildman–Crippen MR) is 66.5 cm³/mol. The third-order valence-corrected chi connectivity index (χ3v) is 2.82. The van der Waals surface area contributed by atoms with Crippen molar-refractivity contribution in [3.63, 3.8) is 0 Å². The Hall–Kier alpha value is -1.39. The summed E-state index contributed by atoms with van der Waals surface area (Å²) >= 11 is 11.5. The number of hydrogen-bond acceptors (Lipinski definition) is 3. The van der Waals surface area contributed by atoms with Crippen molar-refractivity contribution in [3.05, 3.63) is 46.1 Å². The minimum atomic E-state index is -0.452. The molecule has 0 aliphatic heterocycles. The number of anilines is 2. The summed E-state index contributed by atoms with van der Waals surface area (Å²) in [6, 6.07) is 4.35. The molecule has 2 rings (SSSR count). The average molecular weight is 272 g/mol. The zero-order chi connectivity index (χ0) is 12.4. The van der Waals surface area contributed by atoms with Gasteiger partial charge >= 0.3 is 0 Å². The van der Waals surface area contributed by atoms with Gasteiger partial charge in [-0.25, -0.2) is 14.4 Å². The van der Waals surface area contributed by atoms with Gasteiger partial charge in [-0.15, -0.1) is 0 Å². The molecule has 1 aromatic carbocycles. The molecule has 2 aromatic rings. The van der Waals surface area contributed by atoms with E-state index >= 15 is 0 Å². The summed E-state index contributed by atoms with van der Waals surface area (Å²) in [4.78, 5) is 7.81. The summed E-state index contributed by atoms with van der Waals surface area (Å²) in [6.45, 7) is 1.75. The molecule has 0 spiro atoms. The fraction of sp³-hybridized carbons (Fsp3) is 0.0909. The molecule has 1 aromatic heterocycles. The van der Waals surface area contributed by atoms with Gasteiger partial charge < -0.3 is 5.32 Å². The molecule has 17 heavy (non-hydrogen) atoms. The molecular weight excluding hydrogens is 264 g/mol. The van der Waals surface area contributed by atoms with Gasteiger partial charge in [0, 0.05) is 10.6 Å². The van der Waals surface area contributed by atoms with Crippen LogP contribution in [0.3, 0.4) is 0 Å². The van der Waals surface area contributed by atoms with Gasteiger partial charge in [-0.2, -0.15) is 0 Å². The summed E-state index contributed by atoms with van der Waals surface area (Å²) in [7, 11) is 0. The summed E-state index contributed by atoms with van der Waals surface area (Å²) in [5.41, 5.74) is 0.941. The molecule has 0 atom stereocenters. The number of nitrogens with zero attached hydrogens (tertiary/aromatic N) is 2. The van der Waals surface area contributed by atoms with Crippen molar-refractivity contribution in [1.29, 1.82) is 0 Å². The number of rotatable bonds is 2. The Morgan fingerprint density at radius 2 is 2.00 bits per heavy atom. The molecule has 0 amide bonds. The van der Waals surface area contributed by atoms with Gasteiger partial charge in [0.05, 0.1) is 5.69 Å². The summed E-state index contributed by atoms with van der Waals surface area (Å²) in [5, 5.41) is 3.51. The van der Waals surface area contributed by atoms with E-state index in [1.165, 1.54) is 18.5 Å². The van der Waals surface area contributed by atoms with Gasteiger partial charge in [0.15, 0.2) is 0 Å². The predicted octanol–water partition coefficient (Wildman–Crippen LogP) is 3.97. The second-order valence-electron chi connectivity index (χ2n) is 3.39. The van der Waals surface area contributed by atoms with Crippen molar-refractivity contribution in [2.24, 2.45) is 0 Å². The van der Waals surface area contributed by atoms with Gasteiger partial charge in [-0.3, -0.25) is 0 Å². The maximum absolute atomic E-state index is 13.5. The van der Waals surface area contributed by atoms with Gasteiger partial charge in [-0.1, -0.05) is 23.2 Å². The topological polar surface area (TPSA) is 37.8 Å². The highest BCUT2D eigenvalue weighted by Crippen LogP contribution is 2.25. The summed E-state index contributed by atoms with van der Waals surface area (Å²) in [5.74, 6) is 0.0119. The van der Waals surface area contributed by atoms with Crippen molar-refractivity contribution in [1.82, 2.24) is 9.97 Å². The van der Waals surface area contributed by atoms with Gasteiger partial charge in [0.25, 0.3) is 0 Å². The molecule has 3 nitrogen and oxygen atoms in total. The van der Waals surface area contributed by atoms with E-state index in [-0.39, 0.29) is 5.69 Å². The number of nitrogens with one attached hydrogen (secondary N) is 1. The third-order valence-electron chi connectivity index (χ3n) is 2.21. The standard InChI is InChI=1S/C11H8Cl2FN3/c1-6-10(13)15-5-16-11(6)17-9-3-2-7(12)4-8(9)14/h2-5H,1H3,(H,15,16,17). The van der Waals surface area contributed by atoms with Crippen LogP contribution in [-0.2, 0) is 0 Å². The molecule has 0 radical (unpaired) electrons. The molecule has 0 fully saturated rings. The lowest BCUT2D eigenvalue weighted by atomic mass is 10.3. The van der Waals surface area contributed by atoms with Crippen molar-refractivity contribution in [3.8, 4) is 0 Å². The quantitative estimate of drug-likeness (QED) is 0.840. The van der Waals surface area contributed by atoms with Crippen LogP contribution in [0.25, 0.3) is 0 Å². The second-order valence-corrected chi connectivity index (χ2v) is 4.18. The number of halogens is 3. The average Bonchev–Trinajstić information content (AvgIpc) is 2.28. The Bertz CT molecular complexity index is 560. The highest BCUT2D eigenvalue weighted by atomic mass is 35.5. The Labute approximate surface area is 108 Å². The largest absolute Gasteiger partial charge is 0.337 e. The van der Waals surface area contributed by atoms with Crippen LogP contribution in [0.4, 0.5) is 15.9 Å². The van der Waals surface area contributed by atoms with Gasteiger partial charge in [-0.05, 0) is 25.1 Å². The van der Waals surface area contributed by atoms with Crippen LogP contribution >= 0.6 is 23.2 Å². The van der Waals surface area contributed by atoms with E-state index in [1.54, 1.807) is 13.0 Å².